The van der Waals surface area contributed by atoms with E-state index in [0.29, 0.717) is 10.8 Å². The molecule has 1 aliphatic heterocycles. The molecule has 1 aromatic heterocycles. The normalized spacial score (nSPS) is 24.2. The summed E-state index contributed by atoms with van der Waals surface area (Å²) in [4.78, 5) is 18.5. The zero-order valence-electron chi connectivity index (χ0n) is 10.1. The van der Waals surface area contributed by atoms with Gasteiger partial charge in [0.15, 0.2) is 0 Å². The predicted molar refractivity (Wildman–Crippen MR) is 69.7 cm³/mol. The molecule has 2 fully saturated rings. The summed E-state index contributed by atoms with van der Waals surface area (Å²) in [6, 6.07) is 6.13. The fourth-order valence-corrected chi connectivity index (χ4v) is 2.63. The number of carbonyl (C=O) groups excluding carboxylic acids is 1. The van der Waals surface area contributed by atoms with Crippen LogP contribution in [-0.2, 0) is 0 Å². The highest BCUT2D eigenvalue weighted by atomic mass is 35.5. The molecule has 1 atom stereocenters. The number of nitrogens with zero attached hydrogens (tertiary/aromatic N) is 2. The fraction of sp³-hybridized carbons (Fsp3) is 0.538. The second kappa shape index (κ2) is 4.86. The number of nitrogens with one attached hydrogen (secondary N) is 1. The van der Waals surface area contributed by atoms with Crippen molar-refractivity contribution in [1.82, 2.24) is 15.2 Å². The molecule has 0 aromatic carbocycles. The molecule has 2 aliphatic rings. The summed E-state index contributed by atoms with van der Waals surface area (Å²) in [5, 5.41) is 3.39. The van der Waals surface area contributed by atoms with E-state index in [1.165, 1.54) is 12.8 Å². The van der Waals surface area contributed by atoms with E-state index in [9.17, 15) is 4.79 Å². The smallest absolute Gasteiger partial charge is 0.270 e. The van der Waals surface area contributed by atoms with Gasteiger partial charge in [0, 0.05) is 25.2 Å². The summed E-state index contributed by atoms with van der Waals surface area (Å²) in [5.74, 6) is -0.125. The van der Waals surface area contributed by atoms with Crippen LogP contribution in [0.4, 0.5) is 0 Å². The van der Waals surface area contributed by atoms with Gasteiger partial charge in [-0.25, -0.2) is 4.98 Å². The van der Waals surface area contributed by atoms with Gasteiger partial charge in [-0.15, -0.1) is 0 Å². The van der Waals surface area contributed by atoms with E-state index >= 15 is 0 Å². The molecule has 18 heavy (non-hydrogen) atoms. The molecule has 3 rings (SSSR count). The van der Waals surface area contributed by atoms with Crippen LogP contribution in [0.25, 0.3) is 0 Å². The summed E-state index contributed by atoms with van der Waals surface area (Å²) in [5.41, 5.74) is 0.396. The molecule has 0 radical (unpaired) electrons. The van der Waals surface area contributed by atoms with Crippen LogP contribution in [0.3, 0.4) is 0 Å². The number of pyridine rings is 1. The van der Waals surface area contributed by atoms with Crippen LogP contribution in [0, 0.1) is 0 Å². The Kier molecular flexibility index (Phi) is 3.22. The number of hydrogen-bond donors (Lipinski definition) is 1. The van der Waals surface area contributed by atoms with E-state index in [1.807, 2.05) is 0 Å². The lowest BCUT2D eigenvalue weighted by Gasteiger charge is -2.15. The summed E-state index contributed by atoms with van der Waals surface area (Å²) in [6.45, 7) is 2.07. The van der Waals surface area contributed by atoms with Crippen LogP contribution < -0.4 is 5.32 Å². The van der Waals surface area contributed by atoms with Crippen molar-refractivity contribution in [2.24, 2.45) is 0 Å². The lowest BCUT2D eigenvalue weighted by atomic mass is 10.2. The molecule has 1 aliphatic carbocycles. The maximum atomic E-state index is 12.0. The molecule has 1 saturated heterocycles. The van der Waals surface area contributed by atoms with E-state index in [0.717, 1.165) is 25.6 Å². The van der Waals surface area contributed by atoms with Gasteiger partial charge in [-0.2, -0.15) is 0 Å². The van der Waals surface area contributed by atoms with Crippen molar-refractivity contribution in [2.75, 3.05) is 13.1 Å². The Bertz CT molecular complexity index is 461. The summed E-state index contributed by atoms with van der Waals surface area (Å²) in [6.07, 6.45) is 3.66. The third-order valence-electron chi connectivity index (χ3n) is 3.57. The van der Waals surface area contributed by atoms with Crippen molar-refractivity contribution in [1.29, 1.82) is 0 Å². The van der Waals surface area contributed by atoms with E-state index in [4.69, 9.17) is 11.6 Å². The maximum Gasteiger partial charge on any atom is 0.270 e. The second-order valence-corrected chi connectivity index (χ2v) is 5.42. The van der Waals surface area contributed by atoms with Crippen LogP contribution >= 0.6 is 11.6 Å². The minimum atomic E-state index is -0.125. The molecule has 0 bridgehead atoms. The Hall–Kier alpha value is -1.13. The van der Waals surface area contributed by atoms with Crippen molar-refractivity contribution >= 4 is 17.5 Å². The van der Waals surface area contributed by atoms with E-state index in [2.05, 4.69) is 15.2 Å². The Labute approximate surface area is 111 Å². The molecule has 5 heteroatoms. The largest absolute Gasteiger partial charge is 0.347 e. The average Bonchev–Trinajstić information content (AvgIpc) is 3.11. The third-order valence-corrected chi connectivity index (χ3v) is 3.78. The van der Waals surface area contributed by atoms with E-state index < -0.39 is 0 Å². The first kappa shape index (κ1) is 11.9. The molecule has 2 heterocycles. The van der Waals surface area contributed by atoms with Gasteiger partial charge in [0.1, 0.15) is 10.8 Å². The van der Waals surface area contributed by atoms with Crippen molar-refractivity contribution in [2.45, 2.75) is 31.3 Å². The maximum absolute atomic E-state index is 12.0. The second-order valence-electron chi connectivity index (χ2n) is 5.03. The number of likely N-dealkylation sites (tertiary alicyclic amines) is 1. The fourth-order valence-electron chi connectivity index (χ4n) is 2.47. The predicted octanol–water partition coefficient (Wildman–Crippen LogP) is 1.70. The molecule has 1 unspecified atom stereocenters. The Morgan fingerprint density at radius 3 is 2.94 bits per heavy atom. The van der Waals surface area contributed by atoms with Crippen LogP contribution in [0.1, 0.15) is 29.8 Å². The zero-order chi connectivity index (χ0) is 12.5. The number of rotatable bonds is 3. The quantitative estimate of drug-likeness (QED) is 0.846. The lowest BCUT2D eigenvalue weighted by Crippen LogP contribution is -2.37. The highest BCUT2D eigenvalue weighted by molar-refractivity contribution is 6.29. The highest BCUT2D eigenvalue weighted by Gasteiger charge is 2.34. The zero-order valence-corrected chi connectivity index (χ0v) is 10.9. The highest BCUT2D eigenvalue weighted by Crippen LogP contribution is 2.29. The van der Waals surface area contributed by atoms with Crippen LogP contribution in [0.2, 0.25) is 5.15 Å². The van der Waals surface area contributed by atoms with Crippen LogP contribution in [-0.4, -0.2) is 41.0 Å². The van der Waals surface area contributed by atoms with Crippen molar-refractivity contribution in [3.8, 4) is 0 Å². The number of halogens is 1. The van der Waals surface area contributed by atoms with E-state index in [1.54, 1.807) is 18.2 Å². The standard InChI is InChI=1S/C13H16ClN3O/c14-12-3-1-2-11(16-12)13(18)15-9-6-7-17(8-9)10-4-5-10/h1-3,9-10H,4-8H2,(H,15,18). The first-order valence-corrected chi connectivity index (χ1v) is 6.77. The monoisotopic (exact) mass is 265 g/mol. The number of hydrogen-bond acceptors (Lipinski definition) is 3. The molecule has 1 saturated carbocycles. The molecule has 96 valence electrons. The Morgan fingerprint density at radius 1 is 1.39 bits per heavy atom. The van der Waals surface area contributed by atoms with Crippen molar-refractivity contribution in [3.63, 3.8) is 0 Å². The molecular weight excluding hydrogens is 250 g/mol. The number of carbonyl (C=O) groups is 1. The van der Waals surface area contributed by atoms with Gasteiger partial charge in [0.2, 0.25) is 0 Å². The van der Waals surface area contributed by atoms with Gasteiger partial charge >= 0.3 is 0 Å². The number of aromatic nitrogens is 1. The molecule has 1 aromatic rings. The third kappa shape index (κ3) is 2.65. The van der Waals surface area contributed by atoms with Gasteiger partial charge in [-0.05, 0) is 31.4 Å². The minimum absolute atomic E-state index is 0.125. The molecule has 0 spiro atoms. The minimum Gasteiger partial charge on any atom is -0.347 e. The average molecular weight is 266 g/mol. The van der Waals surface area contributed by atoms with Gasteiger partial charge in [-0.1, -0.05) is 17.7 Å². The van der Waals surface area contributed by atoms with Gasteiger partial charge in [0.25, 0.3) is 5.91 Å². The van der Waals surface area contributed by atoms with Gasteiger partial charge in [-0.3, -0.25) is 9.69 Å². The topological polar surface area (TPSA) is 45.2 Å². The molecule has 1 N–H and O–H groups in total. The Balaban J connectivity index is 1.58. The van der Waals surface area contributed by atoms with Crippen LogP contribution in [0.5, 0.6) is 0 Å². The van der Waals surface area contributed by atoms with Crippen molar-refractivity contribution < 1.29 is 4.79 Å². The number of amides is 1. The lowest BCUT2D eigenvalue weighted by molar-refractivity contribution is 0.0932. The molecule has 1 amide bonds. The van der Waals surface area contributed by atoms with Gasteiger partial charge in [0.05, 0.1) is 0 Å². The molecule has 4 nitrogen and oxygen atoms in total. The van der Waals surface area contributed by atoms with Crippen LogP contribution in [0.15, 0.2) is 18.2 Å². The first-order chi connectivity index (χ1) is 8.72. The van der Waals surface area contributed by atoms with Gasteiger partial charge < -0.3 is 5.32 Å². The summed E-state index contributed by atoms with van der Waals surface area (Å²) >= 11 is 5.78. The summed E-state index contributed by atoms with van der Waals surface area (Å²) < 4.78 is 0. The molecular formula is C13H16ClN3O. The Morgan fingerprint density at radius 2 is 2.22 bits per heavy atom. The first-order valence-electron chi connectivity index (χ1n) is 6.40. The van der Waals surface area contributed by atoms with E-state index in [-0.39, 0.29) is 11.9 Å². The summed E-state index contributed by atoms with van der Waals surface area (Å²) in [7, 11) is 0. The van der Waals surface area contributed by atoms with Crippen molar-refractivity contribution in [3.05, 3.63) is 29.0 Å². The SMILES string of the molecule is O=C(NC1CCN(C2CC2)C1)c1cccc(Cl)n1.